The van der Waals surface area contributed by atoms with E-state index in [9.17, 15) is 14.4 Å². The number of nitrogens with one attached hydrogen (secondary N) is 3. The number of carbonyl (C=O) groups is 3. The van der Waals surface area contributed by atoms with Gasteiger partial charge >= 0.3 is 6.03 Å². The lowest BCUT2D eigenvalue weighted by Crippen LogP contribution is -2.40. The van der Waals surface area contributed by atoms with Crippen molar-refractivity contribution in [2.75, 3.05) is 5.32 Å². The number of hydrogen-bond donors (Lipinski definition) is 3. The topological polar surface area (TPSA) is 107 Å². The van der Waals surface area contributed by atoms with Gasteiger partial charge in [0.05, 0.1) is 29.4 Å². The third-order valence-corrected chi connectivity index (χ3v) is 4.87. The van der Waals surface area contributed by atoms with Crippen LogP contribution in [0.2, 0.25) is 5.02 Å². The first kappa shape index (κ1) is 18.7. The van der Waals surface area contributed by atoms with E-state index in [0.29, 0.717) is 33.2 Å². The standard InChI is InChI=1S/C20H16ClN5O3/c21-15-9-5-4-8-13(15)19(28)22-17-14-10-26(11-16(14)24-25-17)20(29)23-18(27)12-6-2-1-3-7-12/h1-9H,10-11H2,(H,23,27,29)(H2,22,24,25,28). The van der Waals surface area contributed by atoms with E-state index in [2.05, 4.69) is 20.8 Å². The fourth-order valence-electron chi connectivity index (χ4n) is 3.05. The summed E-state index contributed by atoms with van der Waals surface area (Å²) in [6.45, 7) is 0.454. The molecule has 29 heavy (non-hydrogen) atoms. The van der Waals surface area contributed by atoms with Crippen molar-refractivity contribution >= 4 is 35.3 Å². The van der Waals surface area contributed by atoms with E-state index in [0.717, 1.165) is 0 Å². The first-order valence-corrected chi connectivity index (χ1v) is 9.18. The summed E-state index contributed by atoms with van der Waals surface area (Å²) in [6.07, 6.45) is 0. The van der Waals surface area contributed by atoms with Crippen molar-refractivity contribution in [3.8, 4) is 0 Å². The predicted molar refractivity (Wildman–Crippen MR) is 107 cm³/mol. The van der Waals surface area contributed by atoms with Crippen LogP contribution in [0, 0.1) is 0 Å². The van der Waals surface area contributed by atoms with Crippen LogP contribution in [0.5, 0.6) is 0 Å². The molecule has 2 heterocycles. The lowest BCUT2D eigenvalue weighted by molar-refractivity contribution is 0.0950. The number of aromatic amines is 1. The molecule has 4 rings (SSSR count). The number of hydrogen-bond acceptors (Lipinski definition) is 4. The third kappa shape index (κ3) is 3.83. The number of aromatic nitrogens is 2. The van der Waals surface area contributed by atoms with Gasteiger partial charge in [0.1, 0.15) is 0 Å². The molecule has 2 aromatic carbocycles. The van der Waals surface area contributed by atoms with Crippen molar-refractivity contribution in [2.24, 2.45) is 0 Å². The van der Waals surface area contributed by atoms with Crippen LogP contribution < -0.4 is 10.6 Å². The molecule has 3 N–H and O–H groups in total. The van der Waals surface area contributed by atoms with Gasteiger partial charge in [-0.05, 0) is 24.3 Å². The first-order chi connectivity index (χ1) is 14.0. The number of nitrogens with zero attached hydrogens (tertiary/aromatic N) is 2. The third-order valence-electron chi connectivity index (χ3n) is 4.54. The Morgan fingerprint density at radius 2 is 1.69 bits per heavy atom. The first-order valence-electron chi connectivity index (χ1n) is 8.80. The Morgan fingerprint density at radius 1 is 0.966 bits per heavy atom. The van der Waals surface area contributed by atoms with Gasteiger partial charge in [-0.25, -0.2) is 4.79 Å². The van der Waals surface area contributed by atoms with Gasteiger partial charge in [-0.15, -0.1) is 0 Å². The van der Waals surface area contributed by atoms with E-state index in [1.807, 2.05) is 0 Å². The normalized spacial score (nSPS) is 12.4. The van der Waals surface area contributed by atoms with Crippen molar-refractivity contribution in [2.45, 2.75) is 13.1 Å². The van der Waals surface area contributed by atoms with Crippen LogP contribution in [-0.2, 0) is 13.1 Å². The van der Waals surface area contributed by atoms with E-state index in [4.69, 9.17) is 11.6 Å². The van der Waals surface area contributed by atoms with Crippen LogP contribution >= 0.6 is 11.6 Å². The summed E-state index contributed by atoms with van der Waals surface area (Å²) < 4.78 is 0. The fraction of sp³-hybridized carbons (Fsp3) is 0.100. The molecule has 0 saturated carbocycles. The fourth-order valence-corrected chi connectivity index (χ4v) is 3.27. The molecule has 9 heteroatoms. The molecular weight excluding hydrogens is 394 g/mol. The lowest BCUT2D eigenvalue weighted by Gasteiger charge is -2.16. The van der Waals surface area contributed by atoms with Crippen molar-refractivity contribution in [1.29, 1.82) is 0 Å². The zero-order valence-corrected chi connectivity index (χ0v) is 15.9. The number of halogens is 1. The van der Waals surface area contributed by atoms with Gasteiger partial charge in [-0.3, -0.25) is 20.0 Å². The molecular formula is C20H16ClN5O3. The molecule has 0 unspecified atom stereocenters. The quantitative estimate of drug-likeness (QED) is 0.617. The number of amides is 4. The minimum Gasteiger partial charge on any atom is -0.314 e. The molecule has 0 radical (unpaired) electrons. The van der Waals surface area contributed by atoms with Gasteiger partial charge in [0.15, 0.2) is 5.82 Å². The smallest absolute Gasteiger partial charge is 0.314 e. The van der Waals surface area contributed by atoms with Gasteiger partial charge in [0, 0.05) is 11.1 Å². The van der Waals surface area contributed by atoms with Crippen molar-refractivity contribution in [3.05, 3.63) is 82.0 Å². The number of carbonyl (C=O) groups excluding carboxylic acids is 3. The Hall–Kier alpha value is -3.65. The number of fused-ring (bicyclic) bond motifs is 1. The number of H-pyrrole nitrogens is 1. The van der Waals surface area contributed by atoms with Gasteiger partial charge in [0.2, 0.25) is 0 Å². The number of benzene rings is 2. The molecule has 0 spiro atoms. The number of imide groups is 1. The molecule has 0 fully saturated rings. The molecule has 1 aromatic heterocycles. The zero-order valence-electron chi connectivity index (χ0n) is 15.1. The minimum absolute atomic E-state index is 0.206. The summed E-state index contributed by atoms with van der Waals surface area (Å²) in [5.74, 6) is -0.543. The average molecular weight is 410 g/mol. The molecule has 0 saturated heterocycles. The number of anilines is 1. The van der Waals surface area contributed by atoms with Crippen molar-refractivity contribution < 1.29 is 14.4 Å². The van der Waals surface area contributed by atoms with Gasteiger partial charge in [-0.2, -0.15) is 5.10 Å². The second-order valence-electron chi connectivity index (χ2n) is 6.44. The lowest BCUT2D eigenvalue weighted by atomic mass is 10.2. The Labute approximate surface area is 170 Å². The summed E-state index contributed by atoms with van der Waals surface area (Å²) in [5, 5.41) is 12.3. The van der Waals surface area contributed by atoms with Crippen molar-refractivity contribution in [1.82, 2.24) is 20.4 Å². The van der Waals surface area contributed by atoms with Gasteiger partial charge < -0.3 is 10.2 Å². The van der Waals surface area contributed by atoms with Gasteiger partial charge in [0.25, 0.3) is 11.8 Å². The molecule has 146 valence electrons. The Bertz CT molecular complexity index is 1100. The highest BCUT2D eigenvalue weighted by atomic mass is 35.5. The molecule has 1 aliphatic heterocycles. The van der Waals surface area contributed by atoms with Crippen LogP contribution in [0.25, 0.3) is 0 Å². The van der Waals surface area contributed by atoms with Crippen LogP contribution in [0.3, 0.4) is 0 Å². The molecule has 0 aliphatic carbocycles. The maximum Gasteiger partial charge on any atom is 0.324 e. The summed E-state index contributed by atoms with van der Waals surface area (Å²) >= 11 is 6.06. The highest BCUT2D eigenvalue weighted by molar-refractivity contribution is 6.34. The van der Waals surface area contributed by atoms with Crippen LogP contribution in [-0.4, -0.2) is 32.9 Å². The summed E-state index contributed by atoms with van der Waals surface area (Å²) in [7, 11) is 0. The largest absolute Gasteiger partial charge is 0.324 e. The SMILES string of the molecule is O=C(NC(=O)N1Cc2[nH]nc(NC(=O)c3ccccc3Cl)c2C1)c1ccccc1. The second kappa shape index (κ2) is 7.76. The highest BCUT2D eigenvalue weighted by Gasteiger charge is 2.30. The Kier molecular flexibility index (Phi) is 5.01. The second-order valence-corrected chi connectivity index (χ2v) is 6.85. The summed E-state index contributed by atoms with van der Waals surface area (Å²) in [6, 6.07) is 14.6. The van der Waals surface area contributed by atoms with Gasteiger partial charge in [-0.1, -0.05) is 41.9 Å². The maximum atomic E-state index is 12.5. The van der Waals surface area contributed by atoms with Crippen LogP contribution in [0.1, 0.15) is 32.0 Å². The number of urea groups is 1. The molecule has 3 aromatic rings. The van der Waals surface area contributed by atoms with Crippen LogP contribution in [0.15, 0.2) is 54.6 Å². The average Bonchev–Trinajstić information content (AvgIpc) is 3.31. The zero-order chi connectivity index (χ0) is 20.4. The maximum absolute atomic E-state index is 12.5. The Morgan fingerprint density at radius 3 is 2.45 bits per heavy atom. The van der Waals surface area contributed by atoms with Crippen LogP contribution in [0.4, 0.5) is 10.6 Å². The monoisotopic (exact) mass is 409 g/mol. The predicted octanol–water partition coefficient (Wildman–Crippen LogP) is 3.18. The minimum atomic E-state index is -0.521. The van der Waals surface area contributed by atoms with E-state index < -0.39 is 17.8 Å². The molecule has 8 nitrogen and oxygen atoms in total. The van der Waals surface area contributed by atoms with E-state index in [1.165, 1.54) is 4.90 Å². The summed E-state index contributed by atoms with van der Waals surface area (Å²) in [4.78, 5) is 38.5. The Balaban J connectivity index is 1.42. The number of rotatable bonds is 3. The van der Waals surface area contributed by atoms with E-state index in [-0.39, 0.29) is 13.1 Å². The van der Waals surface area contributed by atoms with E-state index in [1.54, 1.807) is 54.6 Å². The highest BCUT2D eigenvalue weighted by Crippen LogP contribution is 2.28. The summed E-state index contributed by atoms with van der Waals surface area (Å²) in [5.41, 5.74) is 2.11. The van der Waals surface area contributed by atoms with Crippen molar-refractivity contribution in [3.63, 3.8) is 0 Å². The molecule has 4 amide bonds. The molecule has 0 bridgehead atoms. The molecule has 0 atom stereocenters. The van der Waals surface area contributed by atoms with E-state index >= 15 is 0 Å². The molecule has 1 aliphatic rings.